The molecule has 0 fully saturated rings. The van der Waals surface area contributed by atoms with Crippen LogP contribution in [0.25, 0.3) is 0 Å². The maximum absolute atomic E-state index is 5.34. The van der Waals surface area contributed by atoms with Gasteiger partial charge >= 0.3 is 0 Å². The lowest BCUT2D eigenvalue weighted by atomic mass is 10.2. The first kappa shape index (κ1) is 13.4. The van der Waals surface area contributed by atoms with Crippen LogP contribution in [0.5, 0.6) is 5.75 Å². The quantitative estimate of drug-likeness (QED) is 0.831. The monoisotopic (exact) mass is 369 g/mol. The van der Waals surface area contributed by atoms with E-state index in [1.165, 1.54) is 0 Å². The molecule has 18 heavy (non-hydrogen) atoms. The third kappa shape index (κ3) is 3.50. The number of benzene rings is 2. The van der Waals surface area contributed by atoms with Crippen LogP contribution in [0.2, 0.25) is 0 Å². The summed E-state index contributed by atoms with van der Waals surface area (Å²) in [6.45, 7) is 0.726. The number of methoxy groups -OCH3 is 1. The zero-order chi connectivity index (χ0) is 13.0. The number of hydrogen-bond donors (Lipinski definition) is 1. The van der Waals surface area contributed by atoms with Crippen molar-refractivity contribution in [2.24, 2.45) is 0 Å². The summed E-state index contributed by atoms with van der Waals surface area (Å²) in [7, 11) is 1.69. The van der Waals surface area contributed by atoms with E-state index < -0.39 is 0 Å². The van der Waals surface area contributed by atoms with Crippen LogP contribution in [0.4, 0.5) is 5.69 Å². The minimum atomic E-state index is 0.726. The van der Waals surface area contributed by atoms with Crippen LogP contribution in [0, 0.1) is 0 Å². The van der Waals surface area contributed by atoms with Gasteiger partial charge in [-0.2, -0.15) is 0 Å². The van der Waals surface area contributed by atoms with Crippen LogP contribution in [-0.2, 0) is 6.54 Å². The highest BCUT2D eigenvalue weighted by Gasteiger charge is 2.03. The molecule has 0 atom stereocenters. The van der Waals surface area contributed by atoms with E-state index in [0.29, 0.717) is 0 Å². The Hall–Kier alpha value is -1.00. The van der Waals surface area contributed by atoms with E-state index in [1.807, 2.05) is 36.4 Å². The summed E-state index contributed by atoms with van der Waals surface area (Å²) in [4.78, 5) is 0. The van der Waals surface area contributed by atoms with Gasteiger partial charge in [-0.1, -0.05) is 31.9 Å². The topological polar surface area (TPSA) is 21.3 Å². The molecule has 0 unspecified atom stereocenters. The fourth-order valence-corrected chi connectivity index (χ4v) is 2.32. The minimum absolute atomic E-state index is 0.726. The Bertz CT molecular complexity index is 526. The Morgan fingerprint density at radius 1 is 1.00 bits per heavy atom. The Morgan fingerprint density at radius 2 is 1.67 bits per heavy atom. The molecular weight excluding hydrogens is 358 g/mol. The van der Waals surface area contributed by atoms with Crippen molar-refractivity contribution in [1.82, 2.24) is 0 Å². The van der Waals surface area contributed by atoms with Crippen LogP contribution in [0.15, 0.2) is 51.4 Å². The predicted octanol–water partition coefficient (Wildman–Crippen LogP) is 4.83. The van der Waals surface area contributed by atoms with E-state index in [2.05, 4.69) is 43.2 Å². The molecule has 0 amide bonds. The molecule has 2 aromatic rings. The van der Waals surface area contributed by atoms with Crippen LogP contribution in [-0.4, -0.2) is 7.11 Å². The average Bonchev–Trinajstić information content (AvgIpc) is 2.38. The Labute approximate surface area is 124 Å². The largest absolute Gasteiger partial charge is 0.496 e. The normalized spacial score (nSPS) is 10.2. The highest BCUT2D eigenvalue weighted by molar-refractivity contribution is 9.10. The maximum atomic E-state index is 5.34. The first-order valence-corrected chi connectivity index (χ1v) is 7.09. The maximum Gasteiger partial charge on any atom is 0.123 e. The van der Waals surface area contributed by atoms with Crippen molar-refractivity contribution in [3.8, 4) is 5.75 Å². The van der Waals surface area contributed by atoms with Crippen molar-refractivity contribution in [1.29, 1.82) is 0 Å². The molecule has 94 valence electrons. The summed E-state index contributed by atoms with van der Waals surface area (Å²) in [5.74, 6) is 0.891. The SMILES string of the molecule is COc1ccc(Br)cc1CNc1ccc(Br)cc1. The Morgan fingerprint density at radius 3 is 2.33 bits per heavy atom. The van der Waals surface area contributed by atoms with Gasteiger partial charge in [0.05, 0.1) is 7.11 Å². The number of ether oxygens (including phenoxy) is 1. The summed E-state index contributed by atoms with van der Waals surface area (Å²) in [5, 5.41) is 3.37. The van der Waals surface area contributed by atoms with Gasteiger partial charge in [-0.05, 0) is 42.5 Å². The number of hydrogen-bond acceptors (Lipinski definition) is 2. The zero-order valence-electron chi connectivity index (χ0n) is 9.91. The van der Waals surface area contributed by atoms with Gasteiger partial charge in [-0.15, -0.1) is 0 Å². The summed E-state index contributed by atoms with van der Waals surface area (Å²) < 4.78 is 7.47. The predicted molar refractivity (Wildman–Crippen MR) is 82.2 cm³/mol. The second-order valence-electron chi connectivity index (χ2n) is 3.82. The smallest absolute Gasteiger partial charge is 0.123 e. The lowest BCUT2D eigenvalue weighted by Crippen LogP contribution is -2.01. The third-order valence-electron chi connectivity index (χ3n) is 2.57. The molecule has 0 spiro atoms. The lowest BCUT2D eigenvalue weighted by Gasteiger charge is -2.11. The summed E-state index contributed by atoms with van der Waals surface area (Å²) in [6, 6.07) is 14.1. The average molecular weight is 371 g/mol. The first-order valence-electron chi connectivity index (χ1n) is 5.51. The third-order valence-corrected chi connectivity index (χ3v) is 3.59. The fraction of sp³-hybridized carbons (Fsp3) is 0.143. The molecule has 0 saturated carbocycles. The van der Waals surface area contributed by atoms with E-state index in [9.17, 15) is 0 Å². The lowest BCUT2D eigenvalue weighted by molar-refractivity contribution is 0.410. The second-order valence-corrected chi connectivity index (χ2v) is 5.65. The molecule has 1 N–H and O–H groups in total. The molecule has 0 bridgehead atoms. The van der Waals surface area contributed by atoms with Crippen molar-refractivity contribution in [2.45, 2.75) is 6.54 Å². The highest BCUT2D eigenvalue weighted by Crippen LogP contribution is 2.24. The molecule has 0 saturated heterocycles. The van der Waals surface area contributed by atoms with Gasteiger partial charge in [-0.3, -0.25) is 0 Å². The van der Waals surface area contributed by atoms with Gasteiger partial charge in [0.1, 0.15) is 5.75 Å². The Balaban J connectivity index is 2.09. The van der Waals surface area contributed by atoms with Crippen molar-refractivity contribution in [3.63, 3.8) is 0 Å². The number of rotatable bonds is 4. The van der Waals surface area contributed by atoms with E-state index in [1.54, 1.807) is 7.11 Å². The molecule has 0 heterocycles. The van der Waals surface area contributed by atoms with Gasteiger partial charge < -0.3 is 10.1 Å². The fourth-order valence-electron chi connectivity index (χ4n) is 1.65. The van der Waals surface area contributed by atoms with Crippen LogP contribution >= 0.6 is 31.9 Å². The van der Waals surface area contributed by atoms with Gasteiger partial charge in [0.2, 0.25) is 0 Å². The first-order chi connectivity index (χ1) is 8.69. The molecule has 2 aromatic carbocycles. The summed E-state index contributed by atoms with van der Waals surface area (Å²) >= 11 is 6.89. The summed E-state index contributed by atoms with van der Waals surface area (Å²) in [5.41, 5.74) is 2.20. The van der Waals surface area contributed by atoms with Gasteiger partial charge in [0.15, 0.2) is 0 Å². The molecule has 0 radical (unpaired) electrons. The molecule has 0 aliphatic rings. The van der Waals surface area contributed by atoms with E-state index in [-0.39, 0.29) is 0 Å². The van der Waals surface area contributed by atoms with Gasteiger partial charge in [0, 0.05) is 26.7 Å². The number of anilines is 1. The van der Waals surface area contributed by atoms with E-state index >= 15 is 0 Å². The standard InChI is InChI=1S/C14H13Br2NO/c1-18-14-7-4-12(16)8-10(14)9-17-13-5-2-11(15)3-6-13/h2-8,17H,9H2,1H3. The van der Waals surface area contributed by atoms with Crippen LogP contribution < -0.4 is 10.1 Å². The molecule has 2 rings (SSSR count). The molecule has 2 nitrogen and oxygen atoms in total. The second kappa shape index (κ2) is 6.25. The van der Waals surface area contributed by atoms with Crippen molar-refractivity contribution >= 4 is 37.5 Å². The Kier molecular flexibility index (Phi) is 4.66. The van der Waals surface area contributed by atoms with E-state index in [4.69, 9.17) is 4.74 Å². The minimum Gasteiger partial charge on any atom is -0.496 e. The molecule has 4 heteroatoms. The molecular formula is C14H13Br2NO. The van der Waals surface area contributed by atoms with Crippen molar-refractivity contribution in [3.05, 3.63) is 57.0 Å². The van der Waals surface area contributed by atoms with Crippen LogP contribution in [0.3, 0.4) is 0 Å². The number of nitrogens with one attached hydrogen (secondary N) is 1. The van der Waals surface area contributed by atoms with Crippen molar-refractivity contribution < 1.29 is 4.74 Å². The van der Waals surface area contributed by atoms with Crippen LogP contribution in [0.1, 0.15) is 5.56 Å². The molecule has 0 aliphatic carbocycles. The van der Waals surface area contributed by atoms with Gasteiger partial charge in [0.25, 0.3) is 0 Å². The van der Waals surface area contributed by atoms with Gasteiger partial charge in [-0.25, -0.2) is 0 Å². The number of halogens is 2. The summed E-state index contributed by atoms with van der Waals surface area (Å²) in [6.07, 6.45) is 0. The molecule has 0 aromatic heterocycles. The highest BCUT2D eigenvalue weighted by atomic mass is 79.9. The molecule has 0 aliphatic heterocycles. The van der Waals surface area contributed by atoms with Crippen molar-refractivity contribution in [2.75, 3.05) is 12.4 Å². The zero-order valence-corrected chi connectivity index (χ0v) is 13.1. The van der Waals surface area contributed by atoms with E-state index in [0.717, 1.165) is 32.5 Å².